The zero-order chi connectivity index (χ0) is 26.3. The van der Waals surface area contributed by atoms with Gasteiger partial charge >= 0.3 is 5.97 Å². The third-order valence-corrected chi connectivity index (χ3v) is 6.46. The van der Waals surface area contributed by atoms with Gasteiger partial charge in [0, 0.05) is 37.0 Å². The number of amides is 2. The van der Waals surface area contributed by atoms with Gasteiger partial charge in [0.2, 0.25) is 11.8 Å². The van der Waals surface area contributed by atoms with E-state index in [4.69, 9.17) is 4.74 Å². The van der Waals surface area contributed by atoms with Crippen molar-refractivity contribution in [3.63, 3.8) is 0 Å². The molecule has 0 saturated carbocycles. The van der Waals surface area contributed by atoms with Crippen molar-refractivity contribution in [1.29, 1.82) is 0 Å². The standard InChI is InChI=1S/C27H51N3O4/c1-11-21(30-14-12-13-22(30)31)17-20(23(32)28-27(7,8)19-25(2,3)4)18-26(5,6)24(33)34-16-15-29(9)10/h20-21H,11-19H2,1-10H3,(H,28,32). The smallest absolute Gasteiger partial charge is 0.311 e. The number of hydrogen-bond acceptors (Lipinski definition) is 5. The molecule has 198 valence electrons. The lowest BCUT2D eigenvalue weighted by molar-refractivity contribution is -0.156. The Morgan fingerprint density at radius 2 is 1.74 bits per heavy atom. The van der Waals surface area contributed by atoms with Crippen molar-refractivity contribution in [2.45, 2.75) is 105 Å². The first kappa shape index (κ1) is 30.4. The van der Waals surface area contributed by atoms with Crippen LogP contribution in [0.15, 0.2) is 0 Å². The molecule has 1 rings (SSSR count). The van der Waals surface area contributed by atoms with Crippen molar-refractivity contribution >= 4 is 17.8 Å². The number of likely N-dealkylation sites (tertiary alicyclic amines) is 1. The molecule has 0 radical (unpaired) electrons. The monoisotopic (exact) mass is 481 g/mol. The number of nitrogens with zero attached hydrogens (tertiary/aromatic N) is 2. The predicted molar refractivity (Wildman–Crippen MR) is 137 cm³/mol. The zero-order valence-electron chi connectivity index (χ0n) is 23.5. The Hall–Kier alpha value is -1.63. The quantitative estimate of drug-likeness (QED) is 0.398. The molecule has 1 aliphatic rings. The molecule has 1 aliphatic heterocycles. The van der Waals surface area contributed by atoms with Crippen LogP contribution in [0.5, 0.6) is 0 Å². The lowest BCUT2D eigenvalue weighted by atomic mass is 9.78. The van der Waals surface area contributed by atoms with Crippen molar-refractivity contribution in [2.24, 2.45) is 16.7 Å². The second-order valence-electron chi connectivity index (χ2n) is 12.8. The Kier molecular flexibility index (Phi) is 11.1. The molecule has 1 N–H and O–H groups in total. The first-order valence-corrected chi connectivity index (χ1v) is 12.9. The average Bonchev–Trinajstić information content (AvgIpc) is 3.07. The molecule has 0 aliphatic carbocycles. The molecule has 0 aromatic rings. The molecule has 1 fully saturated rings. The Labute approximate surface area is 208 Å². The minimum Gasteiger partial charge on any atom is -0.464 e. The lowest BCUT2D eigenvalue weighted by Crippen LogP contribution is -2.50. The highest BCUT2D eigenvalue weighted by Crippen LogP contribution is 2.33. The number of likely N-dealkylation sites (N-methyl/N-ethyl adjacent to an activating group) is 1. The lowest BCUT2D eigenvalue weighted by Gasteiger charge is -2.37. The van der Waals surface area contributed by atoms with Crippen molar-refractivity contribution in [1.82, 2.24) is 15.1 Å². The van der Waals surface area contributed by atoms with E-state index in [0.29, 0.717) is 32.4 Å². The highest BCUT2D eigenvalue weighted by Gasteiger charge is 2.39. The molecular weight excluding hydrogens is 430 g/mol. The summed E-state index contributed by atoms with van der Waals surface area (Å²) in [5.74, 6) is -0.560. The minimum absolute atomic E-state index is 0.00274. The van der Waals surface area contributed by atoms with Crippen LogP contribution in [0.1, 0.15) is 93.9 Å². The molecule has 0 bridgehead atoms. The summed E-state index contributed by atoms with van der Waals surface area (Å²) < 4.78 is 5.54. The fourth-order valence-corrected chi connectivity index (χ4v) is 5.20. The van der Waals surface area contributed by atoms with Crippen LogP contribution in [0.3, 0.4) is 0 Å². The molecule has 1 heterocycles. The molecule has 7 nitrogen and oxygen atoms in total. The average molecular weight is 482 g/mol. The maximum absolute atomic E-state index is 13.6. The molecule has 7 heteroatoms. The van der Waals surface area contributed by atoms with Gasteiger partial charge in [-0.25, -0.2) is 0 Å². The van der Waals surface area contributed by atoms with Crippen LogP contribution >= 0.6 is 0 Å². The Morgan fingerprint density at radius 3 is 2.21 bits per heavy atom. The van der Waals surface area contributed by atoms with E-state index in [2.05, 4.69) is 46.9 Å². The Bertz CT molecular complexity index is 694. The van der Waals surface area contributed by atoms with Crippen molar-refractivity contribution in [2.75, 3.05) is 33.8 Å². The summed E-state index contributed by atoms with van der Waals surface area (Å²) in [5.41, 5.74) is -1.12. The summed E-state index contributed by atoms with van der Waals surface area (Å²) in [7, 11) is 3.87. The zero-order valence-corrected chi connectivity index (χ0v) is 23.5. The second-order valence-corrected chi connectivity index (χ2v) is 12.8. The van der Waals surface area contributed by atoms with Gasteiger partial charge in [-0.2, -0.15) is 0 Å². The van der Waals surface area contributed by atoms with Crippen LogP contribution in [0, 0.1) is 16.7 Å². The van der Waals surface area contributed by atoms with Gasteiger partial charge in [0.25, 0.3) is 0 Å². The van der Waals surface area contributed by atoms with Gasteiger partial charge in [-0.15, -0.1) is 0 Å². The molecule has 0 aromatic carbocycles. The summed E-state index contributed by atoms with van der Waals surface area (Å²) in [4.78, 5) is 42.9. The fourth-order valence-electron chi connectivity index (χ4n) is 5.20. The van der Waals surface area contributed by atoms with Crippen LogP contribution in [0.2, 0.25) is 0 Å². The maximum Gasteiger partial charge on any atom is 0.311 e. The van der Waals surface area contributed by atoms with Gasteiger partial charge in [-0.1, -0.05) is 27.7 Å². The van der Waals surface area contributed by atoms with Crippen LogP contribution in [0.25, 0.3) is 0 Å². The normalized spacial score (nSPS) is 17.1. The van der Waals surface area contributed by atoms with E-state index in [1.54, 1.807) is 0 Å². The van der Waals surface area contributed by atoms with E-state index in [0.717, 1.165) is 25.8 Å². The highest BCUT2D eigenvalue weighted by molar-refractivity contribution is 5.82. The Balaban J connectivity index is 3.06. The van der Waals surface area contributed by atoms with E-state index in [-0.39, 0.29) is 34.8 Å². The third kappa shape index (κ3) is 10.3. The fraction of sp³-hybridized carbons (Fsp3) is 0.889. The van der Waals surface area contributed by atoms with Crippen LogP contribution in [-0.4, -0.2) is 73.0 Å². The topological polar surface area (TPSA) is 79.0 Å². The summed E-state index contributed by atoms with van der Waals surface area (Å²) in [5, 5.41) is 3.26. The molecule has 2 amide bonds. The predicted octanol–water partition coefficient (Wildman–Crippen LogP) is 4.25. The largest absolute Gasteiger partial charge is 0.464 e. The van der Waals surface area contributed by atoms with Gasteiger partial charge < -0.3 is 19.9 Å². The SMILES string of the molecule is CCC(CC(CC(C)(C)C(=O)OCCN(C)C)C(=O)NC(C)(C)CC(C)(C)C)N1CCCC1=O. The number of hydrogen-bond donors (Lipinski definition) is 1. The summed E-state index contributed by atoms with van der Waals surface area (Å²) in [6.07, 6.45) is 3.99. The van der Waals surface area contributed by atoms with Gasteiger partial charge in [-0.05, 0) is 79.3 Å². The first-order valence-electron chi connectivity index (χ1n) is 12.9. The summed E-state index contributed by atoms with van der Waals surface area (Å²) in [6.45, 7) is 18.1. The van der Waals surface area contributed by atoms with Crippen LogP contribution in [-0.2, 0) is 19.1 Å². The first-order chi connectivity index (χ1) is 15.5. The van der Waals surface area contributed by atoms with Gasteiger partial charge in [0.1, 0.15) is 6.61 Å². The molecule has 0 aromatic heterocycles. The van der Waals surface area contributed by atoms with Crippen LogP contribution in [0.4, 0.5) is 0 Å². The molecular formula is C27H51N3O4. The second kappa shape index (κ2) is 12.4. The van der Waals surface area contributed by atoms with Gasteiger partial charge in [0.15, 0.2) is 0 Å². The number of rotatable bonds is 13. The summed E-state index contributed by atoms with van der Waals surface area (Å²) in [6, 6.07) is -0.00274. The summed E-state index contributed by atoms with van der Waals surface area (Å²) >= 11 is 0. The van der Waals surface area contributed by atoms with Crippen molar-refractivity contribution in [3.05, 3.63) is 0 Å². The van der Waals surface area contributed by atoms with E-state index in [9.17, 15) is 14.4 Å². The van der Waals surface area contributed by atoms with Gasteiger partial charge in [-0.3, -0.25) is 14.4 Å². The third-order valence-electron chi connectivity index (χ3n) is 6.46. The number of nitrogens with one attached hydrogen (secondary N) is 1. The van der Waals surface area contributed by atoms with E-state index in [1.807, 2.05) is 37.7 Å². The molecule has 1 saturated heterocycles. The highest BCUT2D eigenvalue weighted by atomic mass is 16.5. The van der Waals surface area contributed by atoms with Crippen molar-refractivity contribution in [3.8, 4) is 0 Å². The number of esters is 1. The molecule has 0 spiro atoms. The number of carbonyl (C=O) groups excluding carboxylic acids is 3. The van der Waals surface area contributed by atoms with E-state index in [1.165, 1.54) is 0 Å². The number of ether oxygens (including phenoxy) is 1. The van der Waals surface area contributed by atoms with E-state index >= 15 is 0 Å². The van der Waals surface area contributed by atoms with Gasteiger partial charge in [0.05, 0.1) is 5.41 Å². The minimum atomic E-state index is -0.810. The Morgan fingerprint density at radius 1 is 1.12 bits per heavy atom. The van der Waals surface area contributed by atoms with Crippen molar-refractivity contribution < 1.29 is 19.1 Å². The molecule has 34 heavy (non-hydrogen) atoms. The molecule has 2 unspecified atom stereocenters. The maximum atomic E-state index is 13.6. The number of carbonyl (C=O) groups is 3. The van der Waals surface area contributed by atoms with Crippen LogP contribution < -0.4 is 5.32 Å². The molecule has 2 atom stereocenters. The van der Waals surface area contributed by atoms with E-state index < -0.39 is 11.3 Å².